The number of carbonyl (C=O) groups excluding carboxylic acids is 1. The van der Waals surface area contributed by atoms with Crippen LogP contribution >= 0.6 is 31.9 Å². The standard InChI is InChI=1S/C10H12Br2N2O/c1-2-8(11)6-14-10(15)7-3-9(12)5-13-4-7/h3-5,8H,2,6H2,1H3,(H,14,15). The van der Waals surface area contributed by atoms with Gasteiger partial charge in [-0.2, -0.15) is 0 Å². The van der Waals surface area contributed by atoms with Crippen LogP contribution in [-0.4, -0.2) is 22.3 Å². The number of halogens is 2. The van der Waals surface area contributed by atoms with E-state index in [1.165, 1.54) is 0 Å². The van der Waals surface area contributed by atoms with Crippen LogP contribution in [0.15, 0.2) is 22.9 Å². The van der Waals surface area contributed by atoms with Crippen LogP contribution in [0, 0.1) is 0 Å². The molecule has 0 saturated carbocycles. The molecule has 0 radical (unpaired) electrons. The highest BCUT2D eigenvalue weighted by Crippen LogP contribution is 2.09. The van der Waals surface area contributed by atoms with Gasteiger partial charge >= 0.3 is 0 Å². The number of nitrogens with zero attached hydrogens (tertiary/aromatic N) is 1. The van der Waals surface area contributed by atoms with Gasteiger partial charge in [0.15, 0.2) is 0 Å². The first-order valence-corrected chi connectivity index (χ1v) is 6.37. The van der Waals surface area contributed by atoms with Crippen LogP contribution in [0.25, 0.3) is 0 Å². The van der Waals surface area contributed by atoms with Crippen LogP contribution in [0.5, 0.6) is 0 Å². The molecule has 1 atom stereocenters. The van der Waals surface area contributed by atoms with E-state index in [0.29, 0.717) is 16.9 Å². The van der Waals surface area contributed by atoms with Crippen molar-refractivity contribution < 1.29 is 4.79 Å². The van der Waals surface area contributed by atoms with E-state index < -0.39 is 0 Å². The number of carbonyl (C=O) groups is 1. The molecule has 0 spiro atoms. The number of aromatic nitrogens is 1. The fourth-order valence-corrected chi connectivity index (χ4v) is 1.51. The van der Waals surface area contributed by atoms with Crippen molar-refractivity contribution in [3.05, 3.63) is 28.5 Å². The third-order valence-electron chi connectivity index (χ3n) is 1.89. The zero-order valence-corrected chi connectivity index (χ0v) is 11.5. The van der Waals surface area contributed by atoms with Gasteiger partial charge in [-0.05, 0) is 28.4 Å². The van der Waals surface area contributed by atoms with Gasteiger partial charge in [0.25, 0.3) is 5.91 Å². The highest BCUT2D eigenvalue weighted by atomic mass is 79.9. The van der Waals surface area contributed by atoms with Crippen LogP contribution in [-0.2, 0) is 0 Å². The third kappa shape index (κ3) is 4.30. The summed E-state index contributed by atoms with van der Waals surface area (Å²) in [7, 11) is 0. The predicted molar refractivity (Wildman–Crippen MR) is 67.3 cm³/mol. The first kappa shape index (κ1) is 12.6. The van der Waals surface area contributed by atoms with E-state index in [4.69, 9.17) is 0 Å². The summed E-state index contributed by atoms with van der Waals surface area (Å²) < 4.78 is 0.807. The van der Waals surface area contributed by atoms with Crippen molar-refractivity contribution in [2.24, 2.45) is 0 Å². The summed E-state index contributed by atoms with van der Waals surface area (Å²) in [6.45, 7) is 2.69. The number of rotatable bonds is 4. The fraction of sp³-hybridized carbons (Fsp3) is 0.400. The molecular weight excluding hydrogens is 324 g/mol. The summed E-state index contributed by atoms with van der Waals surface area (Å²) in [6, 6.07) is 1.75. The summed E-state index contributed by atoms with van der Waals surface area (Å²) in [5.41, 5.74) is 0.570. The Morgan fingerprint density at radius 1 is 1.60 bits per heavy atom. The maximum atomic E-state index is 11.6. The highest BCUT2D eigenvalue weighted by Gasteiger charge is 2.07. The Labute approximate surface area is 106 Å². The van der Waals surface area contributed by atoms with Gasteiger partial charge < -0.3 is 5.32 Å². The van der Waals surface area contributed by atoms with E-state index in [9.17, 15) is 4.79 Å². The molecule has 0 bridgehead atoms. The molecule has 1 aromatic rings. The quantitative estimate of drug-likeness (QED) is 0.860. The molecule has 1 heterocycles. The molecule has 82 valence electrons. The van der Waals surface area contributed by atoms with E-state index >= 15 is 0 Å². The Morgan fingerprint density at radius 3 is 2.93 bits per heavy atom. The summed E-state index contributed by atoms with van der Waals surface area (Å²) >= 11 is 6.73. The zero-order chi connectivity index (χ0) is 11.3. The van der Waals surface area contributed by atoms with E-state index in [2.05, 4.69) is 49.1 Å². The Hall–Kier alpha value is -0.420. The molecule has 0 fully saturated rings. The van der Waals surface area contributed by atoms with E-state index in [-0.39, 0.29) is 5.91 Å². The van der Waals surface area contributed by atoms with Crippen LogP contribution in [0.2, 0.25) is 0 Å². The van der Waals surface area contributed by atoms with Crippen molar-refractivity contribution in [2.75, 3.05) is 6.54 Å². The fourth-order valence-electron chi connectivity index (χ4n) is 0.986. The Bertz CT molecular complexity index is 344. The minimum absolute atomic E-state index is 0.0956. The first-order chi connectivity index (χ1) is 7.13. The Kier molecular flexibility index (Phi) is 5.25. The summed E-state index contributed by atoms with van der Waals surface area (Å²) in [5, 5.41) is 2.83. The lowest BCUT2D eigenvalue weighted by atomic mass is 10.2. The topological polar surface area (TPSA) is 42.0 Å². The third-order valence-corrected chi connectivity index (χ3v) is 3.30. The zero-order valence-electron chi connectivity index (χ0n) is 8.34. The molecule has 1 aromatic heterocycles. The van der Waals surface area contributed by atoms with E-state index in [1.54, 1.807) is 18.5 Å². The number of hydrogen-bond donors (Lipinski definition) is 1. The average Bonchev–Trinajstić information content (AvgIpc) is 2.25. The van der Waals surface area contributed by atoms with Gasteiger partial charge in [0.1, 0.15) is 0 Å². The van der Waals surface area contributed by atoms with Crippen molar-refractivity contribution in [1.29, 1.82) is 0 Å². The molecule has 1 rings (SSSR count). The first-order valence-electron chi connectivity index (χ1n) is 4.66. The second-order valence-electron chi connectivity index (χ2n) is 3.11. The molecule has 5 heteroatoms. The predicted octanol–water partition coefficient (Wildman–Crippen LogP) is 2.75. The lowest BCUT2D eigenvalue weighted by Crippen LogP contribution is -2.29. The lowest BCUT2D eigenvalue weighted by Gasteiger charge is -2.08. The number of amides is 1. The number of pyridine rings is 1. The van der Waals surface area contributed by atoms with Gasteiger partial charge in [0.2, 0.25) is 0 Å². The molecule has 1 unspecified atom stereocenters. The van der Waals surface area contributed by atoms with Crippen LogP contribution in [0.1, 0.15) is 23.7 Å². The SMILES string of the molecule is CCC(Br)CNC(=O)c1cncc(Br)c1. The van der Waals surface area contributed by atoms with Crippen LogP contribution in [0.4, 0.5) is 0 Å². The summed E-state index contributed by atoms with van der Waals surface area (Å²) in [4.78, 5) is 15.9. The molecule has 3 nitrogen and oxygen atoms in total. The van der Waals surface area contributed by atoms with Crippen molar-refractivity contribution in [3.8, 4) is 0 Å². The van der Waals surface area contributed by atoms with Gasteiger partial charge in [-0.1, -0.05) is 22.9 Å². The highest BCUT2D eigenvalue weighted by molar-refractivity contribution is 9.10. The van der Waals surface area contributed by atoms with Gasteiger partial charge in [0.05, 0.1) is 5.56 Å². The van der Waals surface area contributed by atoms with Crippen molar-refractivity contribution >= 4 is 37.8 Å². The maximum absolute atomic E-state index is 11.6. The molecule has 0 aliphatic rings. The molecule has 1 N–H and O–H groups in total. The van der Waals surface area contributed by atoms with Crippen LogP contribution < -0.4 is 5.32 Å². The van der Waals surface area contributed by atoms with Crippen molar-refractivity contribution in [2.45, 2.75) is 18.2 Å². The monoisotopic (exact) mass is 334 g/mol. The minimum atomic E-state index is -0.0956. The van der Waals surface area contributed by atoms with Crippen molar-refractivity contribution in [1.82, 2.24) is 10.3 Å². The number of nitrogens with one attached hydrogen (secondary N) is 1. The van der Waals surface area contributed by atoms with Crippen LogP contribution in [0.3, 0.4) is 0 Å². The smallest absolute Gasteiger partial charge is 0.252 e. The second kappa shape index (κ2) is 6.23. The minimum Gasteiger partial charge on any atom is -0.351 e. The lowest BCUT2D eigenvalue weighted by molar-refractivity contribution is 0.0953. The molecule has 15 heavy (non-hydrogen) atoms. The molecular formula is C10H12Br2N2O. The number of hydrogen-bond acceptors (Lipinski definition) is 2. The summed E-state index contributed by atoms with van der Waals surface area (Å²) in [6.07, 6.45) is 4.18. The Balaban J connectivity index is 2.54. The Morgan fingerprint density at radius 2 is 2.33 bits per heavy atom. The van der Waals surface area contributed by atoms with E-state index in [1.807, 2.05) is 0 Å². The maximum Gasteiger partial charge on any atom is 0.252 e. The van der Waals surface area contributed by atoms with Gasteiger partial charge in [-0.3, -0.25) is 9.78 Å². The van der Waals surface area contributed by atoms with Gasteiger partial charge in [-0.25, -0.2) is 0 Å². The van der Waals surface area contributed by atoms with E-state index in [0.717, 1.165) is 10.9 Å². The van der Waals surface area contributed by atoms with Gasteiger partial charge in [-0.15, -0.1) is 0 Å². The molecule has 0 aliphatic heterocycles. The molecule has 0 saturated heterocycles. The second-order valence-corrected chi connectivity index (χ2v) is 5.32. The number of alkyl halides is 1. The van der Waals surface area contributed by atoms with Gasteiger partial charge in [0, 0.05) is 28.2 Å². The largest absolute Gasteiger partial charge is 0.351 e. The molecule has 0 aromatic carbocycles. The normalized spacial score (nSPS) is 12.2. The summed E-state index contributed by atoms with van der Waals surface area (Å²) in [5.74, 6) is -0.0956. The van der Waals surface area contributed by atoms with Crippen molar-refractivity contribution in [3.63, 3.8) is 0 Å². The molecule has 1 amide bonds. The average molecular weight is 336 g/mol. The molecule has 0 aliphatic carbocycles.